The van der Waals surface area contributed by atoms with E-state index in [1.807, 2.05) is 13.8 Å². The monoisotopic (exact) mass is 294 g/mol. The van der Waals surface area contributed by atoms with Gasteiger partial charge < -0.3 is 9.47 Å². The molecule has 1 aliphatic heterocycles. The summed E-state index contributed by atoms with van der Waals surface area (Å²) in [4.78, 5) is 11.1. The van der Waals surface area contributed by atoms with Crippen molar-refractivity contribution in [2.45, 2.75) is 25.8 Å². The molecular formula is C11H22N2O5S. The van der Waals surface area contributed by atoms with E-state index in [2.05, 4.69) is 4.74 Å². The number of carbonyl (C=O) groups excluding carboxylic acids is 1. The zero-order chi connectivity index (χ0) is 14.7. The first-order valence-corrected chi connectivity index (χ1v) is 7.50. The van der Waals surface area contributed by atoms with Crippen LogP contribution < -0.4 is 0 Å². The van der Waals surface area contributed by atoms with Gasteiger partial charge in [0.25, 0.3) is 10.2 Å². The summed E-state index contributed by atoms with van der Waals surface area (Å²) in [5.41, 5.74) is -0.587. The number of esters is 1. The molecule has 0 amide bonds. The van der Waals surface area contributed by atoms with Crippen LogP contribution in [0.25, 0.3) is 0 Å². The fourth-order valence-corrected chi connectivity index (χ4v) is 3.55. The van der Waals surface area contributed by atoms with Gasteiger partial charge in [0.2, 0.25) is 0 Å². The van der Waals surface area contributed by atoms with E-state index in [-0.39, 0.29) is 13.0 Å². The predicted octanol–water partition coefficient (Wildman–Crippen LogP) is -0.163. The highest BCUT2D eigenvalue weighted by Crippen LogP contribution is 2.24. The molecule has 0 radical (unpaired) electrons. The zero-order valence-corrected chi connectivity index (χ0v) is 12.7. The molecule has 1 fully saturated rings. The molecule has 0 aromatic carbocycles. The van der Waals surface area contributed by atoms with E-state index in [1.165, 1.54) is 22.8 Å². The number of morpholine rings is 1. The van der Waals surface area contributed by atoms with Crippen molar-refractivity contribution in [3.8, 4) is 0 Å². The van der Waals surface area contributed by atoms with Crippen LogP contribution in [0.3, 0.4) is 0 Å². The largest absolute Gasteiger partial charge is 0.469 e. The van der Waals surface area contributed by atoms with Crippen molar-refractivity contribution in [2.24, 2.45) is 0 Å². The summed E-state index contributed by atoms with van der Waals surface area (Å²) in [5, 5.41) is 0. The SMILES string of the molecule is COC(=O)CCN(C)S(=O)(=O)N1CCOCC1(C)C. The Kier molecular flexibility index (Phi) is 5.31. The lowest BCUT2D eigenvalue weighted by molar-refractivity contribution is -0.140. The molecule has 8 heteroatoms. The topological polar surface area (TPSA) is 76.2 Å². The number of methoxy groups -OCH3 is 1. The van der Waals surface area contributed by atoms with Crippen LogP contribution in [0, 0.1) is 0 Å². The molecule has 1 aliphatic rings. The van der Waals surface area contributed by atoms with Gasteiger partial charge >= 0.3 is 5.97 Å². The first kappa shape index (κ1) is 16.4. The lowest BCUT2D eigenvalue weighted by Crippen LogP contribution is -2.58. The highest BCUT2D eigenvalue weighted by atomic mass is 32.2. The Morgan fingerprint density at radius 2 is 2.11 bits per heavy atom. The normalized spacial score (nSPS) is 20.5. The van der Waals surface area contributed by atoms with E-state index in [0.29, 0.717) is 19.8 Å². The maximum atomic E-state index is 12.4. The second-order valence-electron chi connectivity index (χ2n) is 5.09. The van der Waals surface area contributed by atoms with Gasteiger partial charge in [0, 0.05) is 20.1 Å². The van der Waals surface area contributed by atoms with Crippen molar-refractivity contribution >= 4 is 16.2 Å². The predicted molar refractivity (Wildman–Crippen MR) is 69.8 cm³/mol. The van der Waals surface area contributed by atoms with Crippen LogP contribution in [0.4, 0.5) is 0 Å². The third kappa shape index (κ3) is 3.88. The van der Waals surface area contributed by atoms with Crippen molar-refractivity contribution in [3.63, 3.8) is 0 Å². The van der Waals surface area contributed by atoms with Crippen LogP contribution in [0.1, 0.15) is 20.3 Å². The maximum Gasteiger partial charge on any atom is 0.306 e. The minimum atomic E-state index is -3.59. The summed E-state index contributed by atoms with van der Waals surface area (Å²) in [7, 11) is -0.853. The van der Waals surface area contributed by atoms with Crippen LogP contribution in [-0.4, -0.2) is 69.0 Å². The van der Waals surface area contributed by atoms with Crippen LogP contribution in [-0.2, 0) is 24.5 Å². The number of nitrogens with zero attached hydrogens (tertiary/aromatic N) is 2. The van der Waals surface area contributed by atoms with Gasteiger partial charge in [-0.05, 0) is 13.8 Å². The average molecular weight is 294 g/mol. The Balaban J connectivity index is 2.76. The molecule has 0 atom stereocenters. The standard InChI is InChI=1S/C11H22N2O5S/c1-11(2)9-18-8-7-13(11)19(15,16)12(3)6-5-10(14)17-4/h5-9H2,1-4H3. The van der Waals surface area contributed by atoms with E-state index in [4.69, 9.17) is 4.74 Å². The minimum absolute atomic E-state index is 0.0387. The maximum absolute atomic E-state index is 12.4. The van der Waals surface area contributed by atoms with Gasteiger partial charge in [-0.2, -0.15) is 17.0 Å². The van der Waals surface area contributed by atoms with Crippen molar-refractivity contribution in [2.75, 3.05) is 40.5 Å². The summed E-state index contributed by atoms with van der Waals surface area (Å²) >= 11 is 0. The number of hydrogen-bond donors (Lipinski definition) is 0. The molecule has 1 heterocycles. The fraction of sp³-hybridized carbons (Fsp3) is 0.909. The Labute approximate surface area is 114 Å². The second kappa shape index (κ2) is 6.17. The van der Waals surface area contributed by atoms with Crippen LogP contribution >= 0.6 is 0 Å². The molecule has 0 N–H and O–H groups in total. The van der Waals surface area contributed by atoms with E-state index >= 15 is 0 Å². The van der Waals surface area contributed by atoms with Crippen LogP contribution in [0.5, 0.6) is 0 Å². The van der Waals surface area contributed by atoms with Gasteiger partial charge in [-0.3, -0.25) is 4.79 Å². The average Bonchev–Trinajstić information content (AvgIpc) is 2.34. The van der Waals surface area contributed by atoms with Gasteiger partial charge in [-0.15, -0.1) is 0 Å². The van der Waals surface area contributed by atoms with E-state index < -0.39 is 21.7 Å². The molecule has 0 aromatic heterocycles. The molecule has 1 rings (SSSR count). The lowest BCUT2D eigenvalue weighted by atomic mass is 10.1. The first-order valence-electron chi connectivity index (χ1n) is 6.10. The molecule has 0 aromatic rings. The molecule has 1 saturated heterocycles. The molecule has 19 heavy (non-hydrogen) atoms. The highest BCUT2D eigenvalue weighted by molar-refractivity contribution is 7.86. The van der Waals surface area contributed by atoms with Gasteiger partial charge in [-0.25, -0.2) is 0 Å². The van der Waals surface area contributed by atoms with Crippen LogP contribution in [0.15, 0.2) is 0 Å². The molecular weight excluding hydrogens is 272 g/mol. The Morgan fingerprint density at radius 3 is 2.63 bits per heavy atom. The summed E-state index contributed by atoms with van der Waals surface area (Å²) in [6.45, 7) is 4.79. The number of ether oxygens (including phenoxy) is 2. The fourth-order valence-electron chi connectivity index (χ4n) is 1.91. The van der Waals surface area contributed by atoms with Crippen LogP contribution in [0.2, 0.25) is 0 Å². The Bertz CT molecular complexity index is 421. The number of carbonyl (C=O) groups is 1. The smallest absolute Gasteiger partial charge is 0.306 e. The van der Waals surface area contributed by atoms with E-state index in [9.17, 15) is 13.2 Å². The van der Waals surface area contributed by atoms with E-state index in [0.717, 1.165) is 0 Å². The van der Waals surface area contributed by atoms with Crippen molar-refractivity contribution in [3.05, 3.63) is 0 Å². The minimum Gasteiger partial charge on any atom is -0.469 e. The van der Waals surface area contributed by atoms with Crippen molar-refractivity contribution in [1.29, 1.82) is 0 Å². The van der Waals surface area contributed by atoms with Gasteiger partial charge in [0.05, 0.1) is 32.3 Å². The molecule has 0 aliphatic carbocycles. The summed E-state index contributed by atoms with van der Waals surface area (Å²) in [5.74, 6) is -0.428. The number of hydrogen-bond acceptors (Lipinski definition) is 5. The number of rotatable bonds is 5. The van der Waals surface area contributed by atoms with Crippen molar-refractivity contribution in [1.82, 2.24) is 8.61 Å². The Morgan fingerprint density at radius 1 is 1.47 bits per heavy atom. The van der Waals surface area contributed by atoms with Crippen molar-refractivity contribution < 1.29 is 22.7 Å². The van der Waals surface area contributed by atoms with Gasteiger partial charge in [0.15, 0.2) is 0 Å². The van der Waals surface area contributed by atoms with Gasteiger partial charge in [-0.1, -0.05) is 0 Å². The molecule has 0 saturated carbocycles. The molecule has 0 bridgehead atoms. The Hall–Kier alpha value is -0.700. The first-order chi connectivity index (χ1) is 8.71. The molecule has 0 unspecified atom stereocenters. The molecule has 0 spiro atoms. The molecule has 7 nitrogen and oxygen atoms in total. The third-order valence-corrected chi connectivity index (χ3v) is 5.30. The lowest BCUT2D eigenvalue weighted by Gasteiger charge is -2.42. The van der Waals surface area contributed by atoms with E-state index in [1.54, 1.807) is 0 Å². The summed E-state index contributed by atoms with van der Waals surface area (Å²) < 4.78 is 37.3. The summed E-state index contributed by atoms with van der Waals surface area (Å²) in [6, 6.07) is 0. The quantitative estimate of drug-likeness (QED) is 0.658. The second-order valence-corrected chi connectivity index (χ2v) is 7.05. The summed E-state index contributed by atoms with van der Waals surface area (Å²) in [6.07, 6.45) is 0.0387. The van der Waals surface area contributed by atoms with Gasteiger partial charge in [0.1, 0.15) is 0 Å². The zero-order valence-electron chi connectivity index (χ0n) is 11.9. The highest BCUT2D eigenvalue weighted by Gasteiger charge is 2.40. The third-order valence-electron chi connectivity index (χ3n) is 3.10. The molecule has 112 valence electrons.